The highest BCUT2D eigenvalue weighted by atomic mass is 16.5. The summed E-state index contributed by atoms with van der Waals surface area (Å²) in [7, 11) is 3.11. The van der Waals surface area contributed by atoms with E-state index in [1.165, 1.54) is 7.11 Å². The molecule has 1 aliphatic heterocycles. The highest BCUT2D eigenvalue weighted by Gasteiger charge is 2.19. The minimum Gasteiger partial charge on any atom is -0.495 e. The van der Waals surface area contributed by atoms with E-state index in [1.54, 1.807) is 36.4 Å². The number of carbonyl (C=O) groups excluding carboxylic acids is 1. The number of pyridine rings is 2. The molecule has 1 N–H and O–H groups in total. The van der Waals surface area contributed by atoms with E-state index in [9.17, 15) is 4.79 Å². The molecule has 0 atom stereocenters. The molecule has 37 heavy (non-hydrogen) atoms. The van der Waals surface area contributed by atoms with Gasteiger partial charge in [-0.15, -0.1) is 5.10 Å². The van der Waals surface area contributed by atoms with Gasteiger partial charge in [0.2, 0.25) is 0 Å². The van der Waals surface area contributed by atoms with Crippen molar-refractivity contribution in [1.82, 2.24) is 25.0 Å². The van der Waals surface area contributed by atoms with Crippen molar-refractivity contribution in [3.05, 3.63) is 66.2 Å². The Morgan fingerprint density at radius 3 is 2.68 bits per heavy atom. The van der Waals surface area contributed by atoms with Crippen molar-refractivity contribution in [2.75, 3.05) is 50.7 Å². The van der Waals surface area contributed by atoms with Crippen molar-refractivity contribution in [2.24, 2.45) is 0 Å². The predicted molar refractivity (Wildman–Crippen MR) is 138 cm³/mol. The summed E-state index contributed by atoms with van der Waals surface area (Å²) in [5.74, 6) is 1.44. The van der Waals surface area contributed by atoms with Crippen molar-refractivity contribution < 1.29 is 19.0 Å². The molecule has 3 aromatic heterocycles. The minimum atomic E-state index is -0.301. The van der Waals surface area contributed by atoms with E-state index in [1.807, 2.05) is 37.4 Å². The van der Waals surface area contributed by atoms with E-state index in [0.717, 1.165) is 16.8 Å². The Hall–Kier alpha value is -4.51. The van der Waals surface area contributed by atoms with Gasteiger partial charge in [0.05, 0.1) is 57.3 Å². The van der Waals surface area contributed by atoms with Crippen LogP contribution < -0.4 is 19.7 Å². The second-order valence-electron chi connectivity index (χ2n) is 8.46. The molecule has 1 saturated heterocycles. The molecule has 1 amide bonds. The van der Waals surface area contributed by atoms with E-state index >= 15 is 0 Å². The van der Waals surface area contributed by atoms with Crippen molar-refractivity contribution in [2.45, 2.75) is 6.92 Å². The second kappa shape index (κ2) is 10.6. The van der Waals surface area contributed by atoms with Crippen LogP contribution in [0.4, 0.5) is 11.5 Å². The smallest absolute Gasteiger partial charge is 0.259 e. The standard InChI is InChI=1S/C26H27N7O4/c1-17-4-5-19(11-23(17)33-16-22(30-31-33)18-10-20(35-2)14-27-13-18)29-26(34)21-12-25(28-15-24(21)36-3)32-6-8-37-9-7-32/h4-5,10-16H,6-9H2,1-3H3,(H,29,34). The third-order valence-electron chi connectivity index (χ3n) is 6.10. The normalized spacial score (nSPS) is 13.3. The van der Waals surface area contributed by atoms with Crippen LogP contribution in [0.25, 0.3) is 16.9 Å². The van der Waals surface area contributed by atoms with Crippen LogP contribution in [0.15, 0.2) is 55.1 Å². The van der Waals surface area contributed by atoms with Gasteiger partial charge in [-0.3, -0.25) is 9.78 Å². The number of methoxy groups -OCH3 is 2. The fourth-order valence-electron chi connectivity index (χ4n) is 4.05. The SMILES string of the molecule is COc1cncc(-c2cn(-c3cc(NC(=O)c4cc(N5CCOCC5)ncc4OC)ccc3C)nn2)c1. The van der Waals surface area contributed by atoms with E-state index in [0.29, 0.717) is 60.6 Å². The number of rotatable bonds is 7. The maximum atomic E-state index is 13.3. The van der Waals surface area contributed by atoms with Gasteiger partial charge in [-0.25, -0.2) is 9.67 Å². The molecular weight excluding hydrogens is 474 g/mol. The van der Waals surface area contributed by atoms with Crippen LogP contribution >= 0.6 is 0 Å². The fraction of sp³-hybridized carbons (Fsp3) is 0.269. The van der Waals surface area contributed by atoms with Gasteiger partial charge in [-0.05, 0) is 36.8 Å². The van der Waals surface area contributed by atoms with Crippen molar-refractivity contribution in [3.63, 3.8) is 0 Å². The number of anilines is 2. The average molecular weight is 502 g/mol. The fourth-order valence-corrected chi connectivity index (χ4v) is 4.05. The highest BCUT2D eigenvalue weighted by Crippen LogP contribution is 2.26. The van der Waals surface area contributed by atoms with Crippen LogP contribution in [0.5, 0.6) is 11.5 Å². The average Bonchev–Trinajstić information content (AvgIpc) is 3.44. The molecule has 0 unspecified atom stereocenters. The summed E-state index contributed by atoms with van der Waals surface area (Å²) >= 11 is 0. The van der Waals surface area contributed by atoms with Gasteiger partial charge in [0, 0.05) is 30.5 Å². The Labute approximate surface area is 214 Å². The van der Waals surface area contributed by atoms with E-state index in [-0.39, 0.29) is 5.91 Å². The van der Waals surface area contributed by atoms with Crippen molar-refractivity contribution in [1.29, 1.82) is 0 Å². The van der Waals surface area contributed by atoms with Crippen LogP contribution in [-0.2, 0) is 4.74 Å². The molecule has 0 spiro atoms. The topological polar surface area (TPSA) is 117 Å². The summed E-state index contributed by atoms with van der Waals surface area (Å²) in [4.78, 5) is 24.0. The van der Waals surface area contributed by atoms with E-state index in [4.69, 9.17) is 14.2 Å². The Bertz CT molecular complexity index is 1420. The minimum absolute atomic E-state index is 0.301. The summed E-state index contributed by atoms with van der Waals surface area (Å²) in [5, 5.41) is 11.6. The molecule has 0 radical (unpaired) electrons. The van der Waals surface area contributed by atoms with Gasteiger partial charge in [-0.1, -0.05) is 11.3 Å². The number of aryl methyl sites for hydroxylation is 1. The lowest BCUT2D eigenvalue weighted by Gasteiger charge is -2.28. The van der Waals surface area contributed by atoms with Gasteiger partial charge < -0.3 is 24.4 Å². The molecule has 11 nitrogen and oxygen atoms in total. The molecule has 1 aromatic carbocycles. The monoisotopic (exact) mass is 501 g/mol. The number of aromatic nitrogens is 5. The Morgan fingerprint density at radius 1 is 1.05 bits per heavy atom. The van der Waals surface area contributed by atoms with Crippen molar-refractivity contribution in [3.8, 4) is 28.4 Å². The lowest BCUT2D eigenvalue weighted by Crippen LogP contribution is -2.36. The van der Waals surface area contributed by atoms with Crippen LogP contribution in [0, 0.1) is 6.92 Å². The second-order valence-corrected chi connectivity index (χ2v) is 8.46. The first kappa shape index (κ1) is 24.2. The van der Waals surface area contributed by atoms with Gasteiger partial charge in [0.1, 0.15) is 23.0 Å². The molecular formula is C26H27N7O4. The molecule has 4 aromatic rings. The predicted octanol–water partition coefficient (Wildman–Crippen LogP) is 3.14. The number of amides is 1. The van der Waals surface area contributed by atoms with E-state index in [2.05, 4.69) is 30.5 Å². The number of nitrogens with one attached hydrogen (secondary N) is 1. The van der Waals surface area contributed by atoms with Gasteiger partial charge in [0.25, 0.3) is 5.91 Å². The maximum absolute atomic E-state index is 13.3. The Kier molecular flexibility index (Phi) is 6.95. The largest absolute Gasteiger partial charge is 0.495 e. The zero-order valence-corrected chi connectivity index (χ0v) is 20.8. The molecule has 0 bridgehead atoms. The van der Waals surface area contributed by atoms with Crippen LogP contribution in [0.3, 0.4) is 0 Å². The van der Waals surface area contributed by atoms with Gasteiger partial charge >= 0.3 is 0 Å². The molecule has 5 rings (SSSR count). The van der Waals surface area contributed by atoms with Crippen LogP contribution in [0.2, 0.25) is 0 Å². The number of hydrogen-bond donors (Lipinski definition) is 1. The third-order valence-corrected chi connectivity index (χ3v) is 6.10. The molecule has 190 valence electrons. The number of nitrogens with zero attached hydrogens (tertiary/aromatic N) is 6. The molecule has 0 saturated carbocycles. The first-order chi connectivity index (χ1) is 18.1. The lowest BCUT2D eigenvalue weighted by molar-refractivity contribution is 0.102. The van der Waals surface area contributed by atoms with E-state index < -0.39 is 0 Å². The number of benzene rings is 1. The Balaban J connectivity index is 1.39. The molecule has 4 heterocycles. The quantitative estimate of drug-likeness (QED) is 0.408. The first-order valence-electron chi connectivity index (χ1n) is 11.8. The first-order valence-corrected chi connectivity index (χ1v) is 11.8. The molecule has 1 aliphatic rings. The summed E-state index contributed by atoms with van der Waals surface area (Å²) < 4.78 is 17.8. The van der Waals surface area contributed by atoms with Crippen LogP contribution in [0.1, 0.15) is 15.9 Å². The summed E-state index contributed by atoms with van der Waals surface area (Å²) in [5.41, 5.74) is 4.19. The Morgan fingerprint density at radius 2 is 1.89 bits per heavy atom. The molecule has 11 heteroatoms. The number of morpholine rings is 1. The zero-order chi connectivity index (χ0) is 25.8. The third kappa shape index (κ3) is 5.21. The molecule has 1 fully saturated rings. The number of ether oxygens (including phenoxy) is 3. The van der Waals surface area contributed by atoms with Gasteiger partial charge in [-0.2, -0.15) is 0 Å². The maximum Gasteiger partial charge on any atom is 0.259 e. The van der Waals surface area contributed by atoms with Gasteiger partial charge in [0.15, 0.2) is 0 Å². The summed E-state index contributed by atoms with van der Waals surface area (Å²) in [6.45, 7) is 4.65. The highest BCUT2D eigenvalue weighted by molar-refractivity contribution is 6.06. The summed E-state index contributed by atoms with van der Waals surface area (Å²) in [6, 6.07) is 9.21. The molecule has 0 aliphatic carbocycles. The van der Waals surface area contributed by atoms with Crippen LogP contribution in [-0.4, -0.2) is 71.4 Å². The van der Waals surface area contributed by atoms with Crippen molar-refractivity contribution >= 4 is 17.4 Å². The summed E-state index contributed by atoms with van der Waals surface area (Å²) in [6.07, 6.45) is 6.72. The lowest BCUT2D eigenvalue weighted by atomic mass is 10.1. The zero-order valence-electron chi connectivity index (χ0n) is 20.8. The number of carbonyl (C=O) groups is 1. The number of hydrogen-bond acceptors (Lipinski definition) is 9.